The molecule has 0 N–H and O–H groups in total. The highest BCUT2D eigenvalue weighted by Crippen LogP contribution is 2.31. The molecule has 0 atom stereocenters. The van der Waals surface area contributed by atoms with Crippen molar-refractivity contribution in [3.63, 3.8) is 0 Å². The fourth-order valence-electron chi connectivity index (χ4n) is 3.33. The molecule has 2 nitrogen and oxygen atoms in total. The van der Waals surface area contributed by atoms with Crippen LogP contribution in [0.15, 0.2) is 36.7 Å². The fraction of sp³-hybridized carbons (Fsp3) is 0.429. The number of rotatable bonds is 3. The van der Waals surface area contributed by atoms with Crippen molar-refractivity contribution in [1.82, 2.24) is 9.97 Å². The molecule has 1 aliphatic carbocycles. The lowest BCUT2D eigenvalue weighted by Crippen LogP contribution is -2.13. The summed E-state index contributed by atoms with van der Waals surface area (Å²) in [7, 11) is 0. The molecule has 0 saturated heterocycles. The molecule has 1 aromatic heterocycles. The highest BCUT2D eigenvalue weighted by Gasteiger charge is 2.18. The molecule has 3 rings (SSSR count). The minimum atomic E-state index is -0.255. The summed E-state index contributed by atoms with van der Waals surface area (Å²) < 4.78 is 13.0. The fourth-order valence-corrected chi connectivity index (χ4v) is 3.33. The predicted molar refractivity (Wildman–Crippen MR) is 94.7 cm³/mol. The number of hydrogen-bond donors (Lipinski definition) is 0. The average Bonchev–Trinajstić information content (AvgIpc) is 2.63. The van der Waals surface area contributed by atoms with E-state index in [4.69, 9.17) is 0 Å². The Labute approximate surface area is 143 Å². The van der Waals surface area contributed by atoms with E-state index >= 15 is 0 Å². The van der Waals surface area contributed by atoms with Crippen molar-refractivity contribution >= 4 is 0 Å². The minimum Gasteiger partial charge on any atom is -0.235 e. The van der Waals surface area contributed by atoms with Gasteiger partial charge in [0.2, 0.25) is 0 Å². The standard InChI is InChI=1S/C21H23FN2/c1-2-3-16-4-6-17(7-5-16)8-9-18-14-23-21(24-15-18)19-10-12-20(22)13-11-19/h10-17H,2-7H2,1H3. The van der Waals surface area contributed by atoms with Gasteiger partial charge in [0.25, 0.3) is 0 Å². The van der Waals surface area contributed by atoms with Gasteiger partial charge in [-0.25, -0.2) is 14.4 Å². The van der Waals surface area contributed by atoms with Crippen molar-refractivity contribution in [2.75, 3.05) is 0 Å². The summed E-state index contributed by atoms with van der Waals surface area (Å²) in [5.74, 6) is 8.36. The van der Waals surface area contributed by atoms with Crippen LogP contribution in [0.5, 0.6) is 0 Å². The van der Waals surface area contributed by atoms with Gasteiger partial charge < -0.3 is 0 Å². The van der Waals surface area contributed by atoms with Crippen LogP contribution in [-0.4, -0.2) is 9.97 Å². The Morgan fingerprint density at radius 3 is 2.33 bits per heavy atom. The molecule has 1 aromatic carbocycles. The van der Waals surface area contributed by atoms with Crippen LogP contribution in [0.4, 0.5) is 4.39 Å². The normalized spacial score (nSPS) is 20.2. The summed E-state index contributed by atoms with van der Waals surface area (Å²) in [6.07, 6.45) is 11.2. The average molecular weight is 322 g/mol. The van der Waals surface area contributed by atoms with Gasteiger partial charge in [-0.2, -0.15) is 0 Å². The van der Waals surface area contributed by atoms with Crippen molar-refractivity contribution < 1.29 is 4.39 Å². The van der Waals surface area contributed by atoms with Crippen LogP contribution in [0.2, 0.25) is 0 Å². The van der Waals surface area contributed by atoms with E-state index in [1.54, 1.807) is 24.5 Å². The zero-order chi connectivity index (χ0) is 16.8. The molecule has 24 heavy (non-hydrogen) atoms. The summed E-state index contributed by atoms with van der Waals surface area (Å²) in [6.45, 7) is 2.27. The first-order valence-corrected chi connectivity index (χ1v) is 8.84. The molecule has 1 fully saturated rings. The van der Waals surface area contributed by atoms with Gasteiger partial charge in [-0.1, -0.05) is 31.6 Å². The SMILES string of the molecule is CCCC1CCC(C#Cc2cnc(-c3ccc(F)cc3)nc2)CC1. The molecule has 2 aromatic rings. The number of halogens is 1. The van der Waals surface area contributed by atoms with Crippen molar-refractivity contribution in [3.05, 3.63) is 48.0 Å². The highest BCUT2D eigenvalue weighted by molar-refractivity contribution is 5.54. The summed E-state index contributed by atoms with van der Waals surface area (Å²) in [5.41, 5.74) is 1.65. The summed E-state index contributed by atoms with van der Waals surface area (Å²) >= 11 is 0. The second-order valence-corrected chi connectivity index (χ2v) is 6.58. The molecule has 1 saturated carbocycles. The van der Waals surface area contributed by atoms with Crippen LogP contribution in [0, 0.1) is 29.5 Å². The lowest BCUT2D eigenvalue weighted by atomic mass is 9.80. The number of nitrogens with zero attached hydrogens (tertiary/aromatic N) is 2. The van der Waals surface area contributed by atoms with Crippen molar-refractivity contribution in [2.24, 2.45) is 11.8 Å². The smallest absolute Gasteiger partial charge is 0.159 e. The maximum Gasteiger partial charge on any atom is 0.159 e. The van der Waals surface area contributed by atoms with Crippen LogP contribution in [-0.2, 0) is 0 Å². The van der Waals surface area contributed by atoms with Gasteiger partial charge >= 0.3 is 0 Å². The van der Waals surface area contributed by atoms with Gasteiger partial charge in [-0.3, -0.25) is 0 Å². The zero-order valence-corrected chi connectivity index (χ0v) is 14.1. The quantitative estimate of drug-likeness (QED) is 0.722. The van der Waals surface area contributed by atoms with Gasteiger partial charge in [0.15, 0.2) is 5.82 Å². The van der Waals surface area contributed by atoms with E-state index in [0.29, 0.717) is 11.7 Å². The van der Waals surface area contributed by atoms with Gasteiger partial charge in [0, 0.05) is 23.9 Å². The Bertz CT molecular complexity index is 702. The van der Waals surface area contributed by atoms with Crippen LogP contribution < -0.4 is 0 Å². The molecule has 0 aliphatic heterocycles. The van der Waals surface area contributed by atoms with Gasteiger partial charge in [-0.15, -0.1) is 0 Å². The molecule has 3 heteroatoms. The topological polar surface area (TPSA) is 25.8 Å². The van der Waals surface area contributed by atoms with Crippen LogP contribution in [0.1, 0.15) is 51.0 Å². The molecule has 124 valence electrons. The predicted octanol–water partition coefficient (Wildman–Crippen LogP) is 5.24. The maximum atomic E-state index is 13.0. The van der Waals surface area contributed by atoms with E-state index < -0.39 is 0 Å². The lowest BCUT2D eigenvalue weighted by Gasteiger charge is -2.25. The Morgan fingerprint density at radius 2 is 1.71 bits per heavy atom. The zero-order valence-electron chi connectivity index (χ0n) is 14.1. The Kier molecular flexibility index (Phi) is 5.59. The minimum absolute atomic E-state index is 0.255. The van der Waals surface area contributed by atoms with Crippen molar-refractivity contribution in [3.8, 4) is 23.2 Å². The summed E-state index contributed by atoms with van der Waals surface area (Å²) in [6, 6.07) is 6.21. The van der Waals surface area contributed by atoms with E-state index in [2.05, 4.69) is 28.7 Å². The first-order valence-electron chi connectivity index (χ1n) is 8.84. The molecule has 0 spiro atoms. The third kappa shape index (κ3) is 4.41. The van der Waals surface area contributed by atoms with Gasteiger partial charge in [0.1, 0.15) is 5.82 Å². The molecule has 1 aliphatic rings. The van der Waals surface area contributed by atoms with E-state index in [0.717, 1.165) is 17.0 Å². The number of hydrogen-bond acceptors (Lipinski definition) is 2. The molecule has 0 radical (unpaired) electrons. The Hall–Kier alpha value is -2.21. The van der Waals surface area contributed by atoms with E-state index in [1.165, 1.54) is 50.7 Å². The highest BCUT2D eigenvalue weighted by atomic mass is 19.1. The molecule has 0 unspecified atom stereocenters. The second-order valence-electron chi connectivity index (χ2n) is 6.58. The Morgan fingerprint density at radius 1 is 1.04 bits per heavy atom. The molecule has 1 heterocycles. The van der Waals surface area contributed by atoms with Crippen molar-refractivity contribution in [1.29, 1.82) is 0 Å². The van der Waals surface area contributed by atoms with E-state index in [9.17, 15) is 4.39 Å². The first-order chi connectivity index (χ1) is 11.7. The summed E-state index contributed by atoms with van der Waals surface area (Å²) in [4.78, 5) is 8.69. The second kappa shape index (κ2) is 8.06. The molecular weight excluding hydrogens is 299 g/mol. The Balaban J connectivity index is 1.60. The lowest BCUT2D eigenvalue weighted by molar-refractivity contribution is 0.300. The first kappa shape index (κ1) is 16.6. The van der Waals surface area contributed by atoms with E-state index in [1.807, 2.05) is 0 Å². The third-order valence-electron chi connectivity index (χ3n) is 4.72. The number of benzene rings is 1. The molecular formula is C21H23FN2. The van der Waals surface area contributed by atoms with Crippen LogP contribution in [0.25, 0.3) is 11.4 Å². The monoisotopic (exact) mass is 322 g/mol. The summed E-state index contributed by atoms with van der Waals surface area (Å²) in [5, 5.41) is 0. The molecule has 0 bridgehead atoms. The van der Waals surface area contributed by atoms with E-state index in [-0.39, 0.29) is 5.82 Å². The molecule has 0 amide bonds. The van der Waals surface area contributed by atoms with Crippen LogP contribution >= 0.6 is 0 Å². The largest absolute Gasteiger partial charge is 0.235 e. The third-order valence-corrected chi connectivity index (χ3v) is 4.72. The van der Waals surface area contributed by atoms with Crippen molar-refractivity contribution in [2.45, 2.75) is 45.4 Å². The van der Waals surface area contributed by atoms with Crippen LogP contribution in [0.3, 0.4) is 0 Å². The van der Waals surface area contributed by atoms with Gasteiger partial charge in [-0.05, 0) is 55.9 Å². The van der Waals surface area contributed by atoms with Gasteiger partial charge in [0.05, 0.1) is 5.56 Å². The number of aromatic nitrogens is 2. The maximum absolute atomic E-state index is 13.0.